The molecular formula is C17H24N3O3P. The van der Waals surface area contributed by atoms with E-state index < -0.39 is 8.38 Å². The highest BCUT2D eigenvalue weighted by Gasteiger charge is 2.22. The molecule has 0 aliphatic carbocycles. The number of aromatic nitrogens is 2. The van der Waals surface area contributed by atoms with Gasteiger partial charge in [0, 0.05) is 30.7 Å². The van der Waals surface area contributed by atoms with E-state index in [1.165, 1.54) is 0 Å². The van der Waals surface area contributed by atoms with Crippen molar-refractivity contribution in [3.8, 4) is 5.75 Å². The molecule has 0 saturated carbocycles. The number of piperidine rings is 1. The Labute approximate surface area is 143 Å². The Morgan fingerprint density at radius 3 is 2.75 bits per heavy atom. The van der Waals surface area contributed by atoms with Gasteiger partial charge in [-0.2, -0.15) is 0 Å². The summed E-state index contributed by atoms with van der Waals surface area (Å²) in [6, 6.07) is 5.96. The molecule has 3 rings (SSSR count). The maximum atomic E-state index is 9.07. The molecule has 24 heavy (non-hydrogen) atoms. The highest BCUT2D eigenvalue weighted by atomic mass is 31.2. The van der Waals surface area contributed by atoms with Gasteiger partial charge in [-0.3, -0.25) is 0 Å². The third kappa shape index (κ3) is 4.12. The molecule has 2 aromatic rings. The van der Waals surface area contributed by atoms with Crippen LogP contribution in [0.15, 0.2) is 24.5 Å². The van der Waals surface area contributed by atoms with Crippen molar-refractivity contribution in [3.63, 3.8) is 0 Å². The van der Waals surface area contributed by atoms with Crippen molar-refractivity contribution in [1.29, 1.82) is 0 Å². The predicted octanol–water partition coefficient (Wildman–Crippen LogP) is 2.93. The molecule has 0 unspecified atom stereocenters. The van der Waals surface area contributed by atoms with Crippen molar-refractivity contribution in [3.05, 3.63) is 24.5 Å². The Morgan fingerprint density at radius 2 is 2.04 bits per heavy atom. The quantitative estimate of drug-likeness (QED) is 0.781. The summed E-state index contributed by atoms with van der Waals surface area (Å²) in [7, 11) is -1.76. The lowest BCUT2D eigenvalue weighted by Crippen LogP contribution is -2.34. The van der Waals surface area contributed by atoms with Gasteiger partial charge in [0.15, 0.2) is 8.38 Å². The van der Waals surface area contributed by atoms with Gasteiger partial charge in [0.25, 0.3) is 0 Å². The molecular weight excluding hydrogens is 325 g/mol. The number of ether oxygens (including phenoxy) is 1. The van der Waals surface area contributed by atoms with Crippen molar-refractivity contribution >= 4 is 25.1 Å². The smallest absolute Gasteiger partial charge is 0.164 e. The van der Waals surface area contributed by atoms with Gasteiger partial charge in [-0.25, -0.2) is 9.97 Å². The van der Waals surface area contributed by atoms with Crippen molar-refractivity contribution in [1.82, 2.24) is 9.97 Å². The van der Waals surface area contributed by atoms with Gasteiger partial charge in [-0.1, -0.05) is 0 Å². The van der Waals surface area contributed by atoms with Crippen molar-refractivity contribution in [2.24, 2.45) is 5.92 Å². The summed E-state index contributed by atoms with van der Waals surface area (Å²) in [6.45, 7) is 4.50. The van der Waals surface area contributed by atoms with Gasteiger partial charge < -0.3 is 19.4 Å². The number of benzene rings is 1. The summed E-state index contributed by atoms with van der Waals surface area (Å²) in [6.07, 6.45) is 5.16. The van der Waals surface area contributed by atoms with Crippen LogP contribution in [0.25, 0.3) is 10.9 Å². The largest absolute Gasteiger partial charge is 0.494 e. The van der Waals surface area contributed by atoms with Crippen LogP contribution in [0.2, 0.25) is 0 Å². The normalized spacial score (nSPS) is 16.1. The van der Waals surface area contributed by atoms with Crippen LogP contribution >= 0.6 is 8.38 Å². The molecule has 1 fully saturated rings. The van der Waals surface area contributed by atoms with Crippen LogP contribution in [0.3, 0.4) is 0 Å². The predicted molar refractivity (Wildman–Crippen MR) is 96.5 cm³/mol. The van der Waals surface area contributed by atoms with Crippen LogP contribution in [-0.4, -0.2) is 45.6 Å². The number of hydrogen-bond donors (Lipinski definition) is 2. The first kappa shape index (κ1) is 17.3. The first-order valence-electron chi connectivity index (χ1n) is 8.45. The van der Waals surface area contributed by atoms with Gasteiger partial charge in [-0.05, 0) is 44.2 Å². The lowest BCUT2D eigenvalue weighted by molar-refractivity contribution is 0.340. The van der Waals surface area contributed by atoms with Gasteiger partial charge in [0.1, 0.15) is 17.9 Å². The maximum Gasteiger partial charge on any atom is 0.164 e. The van der Waals surface area contributed by atoms with Crippen LogP contribution < -0.4 is 9.64 Å². The van der Waals surface area contributed by atoms with Gasteiger partial charge in [0.2, 0.25) is 0 Å². The minimum Gasteiger partial charge on any atom is -0.494 e. The van der Waals surface area contributed by atoms with E-state index in [0.29, 0.717) is 18.7 Å². The Kier molecular flexibility index (Phi) is 5.82. The maximum absolute atomic E-state index is 9.07. The highest BCUT2D eigenvalue weighted by Crippen LogP contribution is 2.32. The Hall–Kier alpha value is -1.49. The molecule has 130 valence electrons. The second-order valence-corrected chi connectivity index (χ2v) is 7.32. The van der Waals surface area contributed by atoms with Gasteiger partial charge in [0.05, 0.1) is 12.1 Å². The SMILES string of the molecule is CCOc1ccc2c(N3CCC(CCP(O)O)CC3)ncnc2c1. The molecule has 1 aromatic heterocycles. The molecule has 1 saturated heterocycles. The van der Waals surface area contributed by atoms with Crippen LogP contribution in [-0.2, 0) is 0 Å². The third-order valence-electron chi connectivity index (χ3n) is 4.55. The molecule has 0 bridgehead atoms. The monoisotopic (exact) mass is 349 g/mol. The lowest BCUT2D eigenvalue weighted by atomic mass is 9.94. The van der Waals surface area contributed by atoms with E-state index in [4.69, 9.17) is 14.5 Å². The molecule has 0 amide bonds. The van der Waals surface area contributed by atoms with E-state index in [2.05, 4.69) is 14.9 Å². The van der Waals surface area contributed by atoms with E-state index in [9.17, 15) is 0 Å². The number of nitrogens with zero attached hydrogens (tertiary/aromatic N) is 3. The zero-order valence-corrected chi connectivity index (χ0v) is 14.8. The molecule has 2 N–H and O–H groups in total. The van der Waals surface area contributed by atoms with Crippen LogP contribution in [0.4, 0.5) is 5.82 Å². The van der Waals surface area contributed by atoms with Crippen LogP contribution in [0.1, 0.15) is 26.2 Å². The van der Waals surface area contributed by atoms with Gasteiger partial charge in [-0.15, -0.1) is 0 Å². The van der Waals surface area contributed by atoms with E-state index in [-0.39, 0.29) is 0 Å². The molecule has 7 heteroatoms. The third-order valence-corrected chi connectivity index (χ3v) is 5.21. The number of anilines is 1. The zero-order chi connectivity index (χ0) is 16.9. The van der Waals surface area contributed by atoms with E-state index >= 15 is 0 Å². The fraction of sp³-hybridized carbons (Fsp3) is 0.529. The number of rotatable bonds is 6. The van der Waals surface area contributed by atoms with Crippen LogP contribution in [0.5, 0.6) is 5.75 Å². The zero-order valence-electron chi connectivity index (χ0n) is 13.9. The molecule has 0 spiro atoms. The van der Waals surface area contributed by atoms with Crippen LogP contribution in [0, 0.1) is 5.92 Å². The van der Waals surface area contributed by atoms with E-state index in [1.54, 1.807) is 6.33 Å². The van der Waals surface area contributed by atoms with E-state index in [0.717, 1.165) is 54.8 Å². The topological polar surface area (TPSA) is 78.7 Å². The van der Waals surface area contributed by atoms with Gasteiger partial charge >= 0.3 is 0 Å². The minimum absolute atomic E-state index is 0.524. The Bertz CT molecular complexity index is 675. The molecule has 2 heterocycles. The second kappa shape index (κ2) is 8.06. The fourth-order valence-electron chi connectivity index (χ4n) is 3.26. The summed E-state index contributed by atoms with van der Waals surface area (Å²) in [5.41, 5.74) is 0.902. The molecule has 1 aliphatic heterocycles. The summed E-state index contributed by atoms with van der Waals surface area (Å²) in [5.74, 6) is 2.38. The lowest BCUT2D eigenvalue weighted by Gasteiger charge is -2.33. The number of hydrogen-bond acceptors (Lipinski definition) is 6. The minimum atomic E-state index is -1.76. The standard InChI is InChI=1S/C17H24N3O3P/c1-2-23-14-3-4-15-16(11-14)18-12-19-17(15)20-8-5-13(6-9-20)7-10-24(21)22/h3-4,11-13,21-22H,2,5-10H2,1H3. The Morgan fingerprint density at radius 1 is 1.25 bits per heavy atom. The summed E-state index contributed by atoms with van der Waals surface area (Å²) in [4.78, 5) is 29.3. The molecule has 6 nitrogen and oxygen atoms in total. The fourth-order valence-corrected chi connectivity index (χ4v) is 3.86. The first-order chi connectivity index (χ1) is 11.7. The van der Waals surface area contributed by atoms with Crippen molar-refractivity contribution < 1.29 is 14.5 Å². The van der Waals surface area contributed by atoms with E-state index in [1.807, 2.05) is 25.1 Å². The second-order valence-electron chi connectivity index (χ2n) is 6.12. The number of fused-ring (bicyclic) bond motifs is 1. The average molecular weight is 349 g/mol. The molecule has 1 aromatic carbocycles. The van der Waals surface area contributed by atoms with Crippen molar-refractivity contribution in [2.45, 2.75) is 26.2 Å². The first-order valence-corrected chi connectivity index (χ1v) is 9.88. The Balaban J connectivity index is 1.71. The summed E-state index contributed by atoms with van der Waals surface area (Å²) < 4.78 is 5.55. The highest BCUT2D eigenvalue weighted by molar-refractivity contribution is 7.45. The van der Waals surface area contributed by atoms with Crippen molar-refractivity contribution in [2.75, 3.05) is 30.8 Å². The summed E-state index contributed by atoms with van der Waals surface area (Å²) >= 11 is 0. The molecule has 0 radical (unpaired) electrons. The molecule has 0 atom stereocenters. The molecule has 1 aliphatic rings. The summed E-state index contributed by atoms with van der Waals surface area (Å²) in [5, 5.41) is 1.05. The average Bonchev–Trinajstić information content (AvgIpc) is 2.60.